The van der Waals surface area contributed by atoms with Crippen molar-refractivity contribution in [3.63, 3.8) is 0 Å². The van der Waals surface area contributed by atoms with Gasteiger partial charge in [0.15, 0.2) is 0 Å². The zero-order chi connectivity index (χ0) is 25.4. The van der Waals surface area contributed by atoms with Crippen LogP contribution in [0.5, 0.6) is 11.5 Å². The Morgan fingerprint density at radius 3 is 2.47 bits per heavy atom. The molecular weight excluding hydrogens is 484 g/mol. The van der Waals surface area contributed by atoms with Gasteiger partial charge in [-0.2, -0.15) is 4.57 Å². The van der Waals surface area contributed by atoms with Gasteiger partial charge in [-0.05, 0) is 73.6 Å². The van der Waals surface area contributed by atoms with E-state index in [-0.39, 0.29) is 0 Å². The maximum atomic E-state index is 5.52. The number of hydrogen-bond acceptors (Lipinski definition) is 5. The molecule has 2 aliphatic rings. The molecule has 6 heteroatoms. The molecule has 1 aliphatic heterocycles. The summed E-state index contributed by atoms with van der Waals surface area (Å²) in [6.45, 7) is 4.19. The van der Waals surface area contributed by atoms with Crippen molar-refractivity contribution in [3.05, 3.63) is 80.9 Å². The smallest absolute Gasteiger partial charge is 0.262 e. The van der Waals surface area contributed by atoms with Crippen molar-refractivity contribution < 1.29 is 14.0 Å². The first-order chi connectivity index (χ1) is 17.4. The number of allylic oxidation sites excluding steroid dienone is 6. The molecule has 0 bridgehead atoms. The van der Waals surface area contributed by atoms with Crippen LogP contribution >= 0.6 is 23.1 Å². The molecule has 3 aromatic rings. The molecule has 36 heavy (non-hydrogen) atoms. The van der Waals surface area contributed by atoms with Gasteiger partial charge in [0.25, 0.3) is 5.01 Å². The monoisotopic (exact) mass is 517 g/mol. The molecule has 5 rings (SSSR count). The zero-order valence-electron chi connectivity index (χ0n) is 21.8. The van der Waals surface area contributed by atoms with Crippen LogP contribution in [0.4, 0.5) is 5.69 Å². The van der Waals surface area contributed by atoms with Gasteiger partial charge >= 0.3 is 0 Å². The second-order valence-electron chi connectivity index (χ2n) is 9.39. The van der Waals surface area contributed by atoms with Gasteiger partial charge in [0.1, 0.15) is 23.2 Å². The Kier molecular flexibility index (Phi) is 7.00. The molecular formula is C30H33N2O2S2+. The van der Waals surface area contributed by atoms with Crippen molar-refractivity contribution in [2.45, 2.75) is 38.0 Å². The van der Waals surface area contributed by atoms with E-state index in [0.717, 1.165) is 35.5 Å². The highest BCUT2D eigenvalue weighted by Gasteiger charge is 2.23. The first kappa shape index (κ1) is 24.7. The summed E-state index contributed by atoms with van der Waals surface area (Å²) >= 11 is 3.61. The minimum atomic E-state index is 0.946. The number of aromatic nitrogens is 1. The maximum Gasteiger partial charge on any atom is 0.262 e. The van der Waals surface area contributed by atoms with Crippen LogP contribution in [-0.2, 0) is 7.05 Å². The van der Waals surface area contributed by atoms with Crippen molar-refractivity contribution >= 4 is 45.1 Å². The van der Waals surface area contributed by atoms with Crippen LogP contribution in [0.1, 0.15) is 35.4 Å². The third-order valence-electron chi connectivity index (χ3n) is 6.95. The number of nitrogens with zero attached hydrogens (tertiary/aromatic N) is 2. The molecule has 0 fully saturated rings. The highest BCUT2D eigenvalue weighted by atomic mass is 32.2. The lowest BCUT2D eigenvalue weighted by molar-refractivity contribution is -0.642. The second kappa shape index (κ2) is 10.2. The minimum Gasteiger partial charge on any atom is -0.496 e. The molecule has 4 nitrogen and oxygen atoms in total. The third-order valence-corrected chi connectivity index (χ3v) is 9.28. The van der Waals surface area contributed by atoms with Crippen LogP contribution in [0.3, 0.4) is 0 Å². The predicted octanol–water partition coefficient (Wildman–Crippen LogP) is 7.49. The Hall–Kier alpha value is -2.96. The molecule has 0 amide bonds. The molecule has 0 N–H and O–H groups in total. The first-order valence-corrected chi connectivity index (χ1v) is 13.9. The van der Waals surface area contributed by atoms with E-state index in [0.29, 0.717) is 0 Å². The SMILES string of the molecule is COc1cc2c(cc1C)N(C)/C(=C/C=C1C=C(/C=C/c3sc4cc(OC)c(C)cc4[n+]3C)CCC/1)S2. The Bertz CT molecular complexity index is 1460. The number of benzene rings is 2. The molecule has 0 radical (unpaired) electrons. The maximum absolute atomic E-state index is 5.52. The summed E-state index contributed by atoms with van der Waals surface area (Å²) < 4.78 is 14.6. The van der Waals surface area contributed by atoms with E-state index in [1.165, 1.54) is 48.4 Å². The van der Waals surface area contributed by atoms with Gasteiger partial charge in [0.2, 0.25) is 5.52 Å². The zero-order valence-corrected chi connectivity index (χ0v) is 23.5. The molecule has 2 heterocycles. The van der Waals surface area contributed by atoms with Crippen LogP contribution in [0.15, 0.2) is 69.6 Å². The number of hydrogen-bond donors (Lipinski definition) is 0. The molecule has 0 saturated carbocycles. The fraction of sp³-hybridized carbons (Fsp3) is 0.300. The Balaban J connectivity index is 1.36. The summed E-state index contributed by atoms with van der Waals surface area (Å²) in [6.07, 6.45) is 14.9. The van der Waals surface area contributed by atoms with Crippen LogP contribution in [-0.4, -0.2) is 21.3 Å². The summed E-state index contributed by atoms with van der Waals surface area (Å²) in [6, 6.07) is 8.72. The Morgan fingerprint density at radius 2 is 1.69 bits per heavy atom. The van der Waals surface area contributed by atoms with Gasteiger partial charge in [0, 0.05) is 30.2 Å². The highest BCUT2D eigenvalue weighted by molar-refractivity contribution is 8.03. The van der Waals surface area contributed by atoms with E-state index in [4.69, 9.17) is 9.47 Å². The molecule has 0 unspecified atom stereocenters. The summed E-state index contributed by atoms with van der Waals surface area (Å²) in [5.74, 6) is 1.89. The van der Waals surface area contributed by atoms with Crippen molar-refractivity contribution in [2.24, 2.45) is 7.05 Å². The van der Waals surface area contributed by atoms with E-state index < -0.39 is 0 Å². The summed E-state index contributed by atoms with van der Waals surface area (Å²) in [5.41, 5.74) is 7.58. The molecule has 0 spiro atoms. The van der Waals surface area contributed by atoms with Crippen LogP contribution in [0.2, 0.25) is 0 Å². The number of thioether (sulfide) groups is 1. The molecule has 2 aromatic carbocycles. The largest absolute Gasteiger partial charge is 0.496 e. The first-order valence-electron chi connectivity index (χ1n) is 12.2. The molecule has 0 saturated heterocycles. The number of ether oxygens (including phenoxy) is 2. The number of fused-ring (bicyclic) bond motifs is 2. The molecule has 1 aromatic heterocycles. The lowest BCUT2D eigenvalue weighted by atomic mass is 9.94. The molecule has 1 aliphatic carbocycles. The highest BCUT2D eigenvalue weighted by Crippen LogP contribution is 2.47. The van der Waals surface area contributed by atoms with Gasteiger partial charge in [-0.15, -0.1) is 0 Å². The van der Waals surface area contributed by atoms with Crippen LogP contribution in [0.25, 0.3) is 16.3 Å². The van der Waals surface area contributed by atoms with Gasteiger partial charge in [-0.25, -0.2) is 0 Å². The van der Waals surface area contributed by atoms with Crippen LogP contribution < -0.4 is 18.9 Å². The summed E-state index contributed by atoms with van der Waals surface area (Å²) in [4.78, 5) is 3.52. The number of thiazole rings is 1. The molecule has 186 valence electrons. The molecule has 0 atom stereocenters. The average molecular weight is 518 g/mol. The Morgan fingerprint density at radius 1 is 0.944 bits per heavy atom. The normalized spacial score (nSPS) is 17.9. The van der Waals surface area contributed by atoms with E-state index in [9.17, 15) is 0 Å². The minimum absolute atomic E-state index is 0.946. The second-order valence-corrected chi connectivity index (χ2v) is 11.5. The third kappa shape index (κ3) is 4.72. The van der Waals surface area contributed by atoms with E-state index in [1.54, 1.807) is 37.3 Å². The van der Waals surface area contributed by atoms with Crippen molar-refractivity contribution in [1.82, 2.24) is 0 Å². The number of anilines is 1. The quantitative estimate of drug-likeness (QED) is 0.327. The fourth-order valence-electron chi connectivity index (χ4n) is 4.83. The standard InChI is InChI=1S/C30H33N2O2S2/c1-19-14-23-27(17-25(19)33-5)35-29(31(23)3)12-10-21-8-7-9-22(16-21)11-13-30-32(4)24-15-20(2)26(34-6)18-28(24)36-30/h10-18H,7-9H2,1-6H3/q+1. The van der Waals surface area contributed by atoms with Gasteiger partial charge in [-0.3, -0.25) is 0 Å². The summed E-state index contributed by atoms with van der Waals surface area (Å²) in [7, 11) is 7.75. The average Bonchev–Trinajstić information content (AvgIpc) is 3.35. The fourth-order valence-corrected chi connectivity index (χ4v) is 6.95. The number of rotatable bonds is 5. The van der Waals surface area contributed by atoms with Gasteiger partial charge in [-0.1, -0.05) is 41.3 Å². The van der Waals surface area contributed by atoms with Crippen molar-refractivity contribution in [3.8, 4) is 11.5 Å². The Labute approximate surface area is 222 Å². The van der Waals surface area contributed by atoms with Crippen molar-refractivity contribution in [1.29, 1.82) is 0 Å². The topological polar surface area (TPSA) is 25.6 Å². The number of methoxy groups -OCH3 is 2. The van der Waals surface area contributed by atoms with Gasteiger partial charge < -0.3 is 14.4 Å². The van der Waals surface area contributed by atoms with Gasteiger partial charge in [0.05, 0.1) is 24.9 Å². The van der Waals surface area contributed by atoms with Crippen LogP contribution in [0, 0.1) is 13.8 Å². The van der Waals surface area contributed by atoms with E-state index >= 15 is 0 Å². The lowest BCUT2D eigenvalue weighted by Gasteiger charge is -2.15. The number of aryl methyl sites for hydroxylation is 3. The predicted molar refractivity (Wildman–Crippen MR) is 153 cm³/mol. The summed E-state index contributed by atoms with van der Waals surface area (Å²) in [5, 5.41) is 2.48. The van der Waals surface area contributed by atoms with Crippen molar-refractivity contribution in [2.75, 3.05) is 26.2 Å². The van der Waals surface area contributed by atoms with E-state index in [2.05, 4.69) is 92.1 Å². The van der Waals surface area contributed by atoms with E-state index in [1.807, 2.05) is 0 Å². The lowest BCUT2D eigenvalue weighted by Crippen LogP contribution is -2.28.